The second kappa shape index (κ2) is 7.36. The van der Waals surface area contributed by atoms with Crippen LogP contribution in [-0.2, 0) is 14.3 Å². The number of amides is 1. The number of rotatable bonds is 6. The van der Waals surface area contributed by atoms with Gasteiger partial charge in [-0.05, 0) is 32.6 Å². The molecule has 104 valence electrons. The zero-order chi connectivity index (χ0) is 13.5. The van der Waals surface area contributed by atoms with Crippen LogP contribution in [-0.4, -0.2) is 30.6 Å². The van der Waals surface area contributed by atoms with Crippen molar-refractivity contribution in [2.45, 2.75) is 58.1 Å². The first kappa shape index (κ1) is 15.0. The van der Waals surface area contributed by atoms with Gasteiger partial charge in [0.15, 0.2) is 0 Å². The Hall–Kier alpha value is -1.10. The van der Waals surface area contributed by atoms with E-state index in [0.717, 1.165) is 19.3 Å². The van der Waals surface area contributed by atoms with Crippen molar-refractivity contribution in [1.82, 2.24) is 5.32 Å². The van der Waals surface area contributed by atoms with Crippen molar-refractivity contribution in [3.05, 3.63) is 0 Å². The van der Waals surface area contributed by atoms with E-state index >= 15 is 0 Å². The molecule has 0 radical (unpaired) electrons. The molecule has 0 aromatic rings. The fourth-order valence-electron chi connectivity index (χ4n) is 2.26. The van der Waals surface area contributed by atoms with Gasteiger partial charge in [0.25, 0.3) is 0 Å². The molecule has 0 spiro atoms. The smallest absolute Gasteiger partial charge is 0.307 e. The molecule has 0 bridgehead atoms. The quantitative estimate of drug-likeness (QED) is 0.694. The average Bonchev–Trinajstić information content (AvgIpc) is 2.63. The maximum Gasteiger partial charge on any atom is 0.307 e. The zero-order valence-corrected chi connectivity index (χ0v) is 11.3. The summed E-state index contributed by atoms with van der Waals surface area (Å²) in [4.78, 5) is 22.9. The first-order chi connectivity index (χ1) is 8.49. The highest BCUT2D eigenvalue weighted by Gasteiger charge is 2.25. The third-order valence-electron chi connectivity index (χ3n) is 3.18. The lowest BCUT2D eigenvalue weighted by Gasteiger charge is -2.14. The largest absolute Gasteiger partial charge is 0.463 e. The summed E-state index contributed by atoms with van der Waals surface area (Å²) >= 11 is 0. The van der Waals surface area contributed by atoms with Gasteiger partial charge in [-0.15, -0.1) is 0 Å². The minimum absolute atomic E-state index is 0.0188. The van der Waals surface area contributed by atoms with Gasteiger partial charge in [-0.25, -0.2) is 0 Å². The molecule has 0 unspecified atom stereocenters. The molecule has 5 heteroatoms. The Morgan fingerprint density at radius 2 is 2.11 bits per heavy atom. The van der Waals surface area contributed by atoms with Gasteiger partial charge in [-0.3, -0.25) is 9.59 Å². The van der Waals surface area contributed by atoms with Crippen molar-refractivity contribution in [2.24, 2.45) is 11.7 Å². The molecule has 0 aromatic heterocycles. The van der Waals surface area contributed by atoms with Crippen molar-refractivity contribution >= 4 is 11.9 Å². The summed E-state index contributed by atoms with van der Waals surface area (Å²) in [6, 6.07) is 0.154. The second-order valence-electron chi connectivity index (χ2n) is 5.20. The molecule has 0 heterocycles. The van der Waals surface area contributed by atoms with E-state index in [2.05, 4.69) is 5.32 Å². The maximum atomic E-state index is 11.6. The number of hydrogen-bond donors (Lipinski definition) is 2. The lowest BCUT2D eigenvalue weighted by Crippen LogP contribution is -2.32. The molecule has 0 aromatic carbocycles. The van der Waals surface area contributed by atoms with E-state index in [-0.39, 0.29) is 30.4 Å². The number of nitrogens with two attached hydrogens (primary N) is 1. The number of ether oxygens (including phenoxy) is 1. The lowest BCUT2D eigenvalue weighted by atomic mass is 10.00. The fourth-order valence-corrected chi connectivity index (χ4v) is 2.26. The van der Waals surface area contributed by atoms with Gasteiger partial charge < -0.3 is 15.8 Å². The Morgan fingerprint density at radius 3 is 2.67 bits per heavy atom. The Morgan fingerprint density at radius 1 is 1.39 bits per heavy atom. The van der Waals surface area contributed by atoms with Crippen molar-refractivity contribution in [1.29, 1.82) is 0 Å². The van der Waals surface area contributed by atoms with Crippen LogP contribution in [0.3, 0.4) is 0 Å². The van der Waals surface area contributed by atoms with Crippen LogP contribution in [0.5, 0.6) is 0 Å². The van der Waals surface area contributed by atoms with Gasteiger partial charge in [0.2, 0.25) is 5.91 Å². The van der Waals surface area contributed by atoms with Crippen molar-refractivity contribution in [2.75, 3.05) is 6.54 Å². The van der Waals surface area contributed by atoms with E-state index in [1.807, 2.05) is 0 Å². The summed E-state index contributed by atoms with van der Waals surface area (Å²) in [5.41, 5.74) is 5.90. The predicted molar refractivity (Wildman–Crippen MR) is 68.8 cm³/mol. The molecular formula is C13H24N2O3. The number of hydrogen-bond acceptors (Lipinski definition) is 4. The Labute approximate surface area is 108 Å². The van der Waals surface area contributed by atoms with E-state index in [9.17, 15) is 9.59 Å². The fraction of sp³-hybridized carbons (Fsp3) is 0.846. The maximum absolute atomic E-state index is 11.6. The molecule has 1 amide bonds. The normalized spacial score (nSPS) is 23.1. The van der Waals surface area contributed by atoms with E-state index in [1.54, 1.807) is 13.8 Å². The standard InChI is InChI=1S/C13H24N2O3/c1-9(2)18-13(17)6-7-15-12(16)8-10-4-3-5-11(10)14/h9-11H,3-8,14H2,1-2H3,(H,15,16)/t10-,11+/m0/s1. The zero-order valence-electron chi connectivity index (χ0n) is 11.3. The van der Waals surface area contributed by atoms with Crippen molar-refractivity contribution in [3.8, 4) is 0 Å². The molecule has 1 saturated carbocycles. The highest BCUT2D eigenvalue weighted by atomic mass is 16.5. The molecule has 5 nitrogen and oxygen atoms in total. The first-order valence-electron chi connectivity index (χ1n) is 6.70. The van der Waals surface area contributed by atoms with E-state index < -0.39 is 0 Å². The SMILES string of the molecule is CC(C)OC(=O)CCNC(=O)C[C@@H]1CCC[C@H]1N. The summed E-state index contributed by atoms with van der Waals surface area (Å²) < 4.78 is 4.97. The first-order valence-corrected chi connectivity index (χ1v) is 6.70. The third kappa shape index (κ3) is 5.49. The Kier molecular flexibility index (Phi) is 6.12. The van der Waals surface area contributed by atoms with Gasteiger partial charge in [-0.2, -0.15) is 0 Å². The Bertz CT molecular complexity index is 292. The van der Waals surface area contributed by atoms with Gasteiger partial charge in [0.05, 0.1) is 12.5 Å². The van der Waals surface area contributed by atoms with Crippen LogP contribution in [0, 0.1) is 5.92 Å². The third-order valence-corrected chi connectivity index (χ3v) is 3.18. The predicted octanol–water partition coefficient (Wildman–Crippen LogP) is 0.962. The minimum atomic E-state index is -0.275. The summed E-state index contributed by atoms with van der Waals surface area (Å²) in [6.07, 6.45) is 3.74. The van der Waals surface area contributed by atoms with Gasteiger partial charge in [0, 0.05) is 19.0 Å². The van der Waals surface area contributed by atoms with Gasteiger partial charge in [-0.1, -0.05) is 6.42 Å². The van der Waals surface area contributed by atoms with Crippen LogP contribution in [0.4, 0.5) is 0 Å². The highest BCUT2D eigenvalue weighted by Crippen LogP contribution is 2.26. The van der Waals surface area contributed by atoms with Gasteiger partial charge >= 0.3 is 5.97 Å². The van der Waals surface area contributed by atoms with Crippen molar-refractivity contribution in [3.63, 3.8) is 0 Å². The van der Waals surface area contributed by atoms with E-state index in [1.165, 1.54) is 0 Å². The molecule has 18 heavy (non-hydrogen) atoms. The summed E-state index contributed by atoms with van der Waals surface area (Å²) in [5.74, 6) is 0.00480. The monoisotopic (exact) mass is 256 g/mol. The van der Waals surface area contributed by atoms with Crippen LogP contribution in [0.15, 0.2) is 0 Å². The van der Waals surface area contributed by atoms with E-state index in [4.69, 9.17) is 10.5 Å². The minimum Gasteiger partial charge on any atom is -0.463 e. The van der Waals surface area contributed by atoms with Gasteiger partial charge in [0.1, 0.15) is 0 Å². The summed E-state index contributed by atoms with van der Waals surface area (Å²) in [6.45, 7) is 3.95. The molecule has 2 atom stereocenters. The molecule has 1 aliphatic carbocycles. The molecule has 1 aliphatic rings. The second-order valence-corrected chi connectivity index (χ2v) is 5.20. The molecule has 1 fully saturated rings. The molecule has 1 rings (SSSR count). The van der Waals surface area contributed by atoms with Crippen LogP contribution >= 0.6 is 0 Å². The lowest BCUT2D eigenvalue weighted by molar-refractivity contribution is -0.147. The Balaban J connectivity index is 2.11. The van der Waals surface area contributed by atoms with Crippen molar-refractivity contribution < 1.29 is 14.3 Å². The van der Waals surface area contributed by atoms with Crippen LogP contribution < -0.4 is 11.1 Å². The summed E-state index contributed by atoms with van der Waals surface area (Å²) in [5, 5.41) is 2.74. The number of carbonyl (C=O) groups excluding carboxylic acids is 2. The molecule has 0 aliphatic heterocycles. The van der Waals surface area contributed by atoms with Crippen LogP contribution in [0.1, 0.15) is 46.0 Å². The summed E-state index contributed by atoms with van der Waals surface area (Å²) in [7, 11) is 0. The number of carbonyl (C=O) groups is 2. The topological polar surface area (TPSA) is 81.4 Å². The van der Waals surface area contributed by atoms with Crippen LogP contribution in [0.2, 0.25) is 0 Å². The number of esters is 1. The average molecular weight is 256 g/mol. The highest BCUT2D eigenvalue weighted by molar-refractivity contribution is 5.77. The molecule has 0 saturated heterocycles. The number of nitrogens with one attached hydrogen (secondary N) is 1. The van der Waals surface area contributed by atoms with Crippen LogP contribution in [0.25, 0.3) is 0 Å². The molecular weight excluding hydrogens is 232 g/mol. The molecule has 3 N–H and O–H groups in total. The van der Waals surface area contributed by atoms with E-state index in [0.29, 0.717) is 18.9 Å².